The van der Waals surface area contributed by atoms with Crippen LogP contribution in [0.15, 0.2) is 30.3 Å². The molecule has 1 aromatic rings. The van der Waals surface area contributed by atoms with Crippen molar-refractivity contribution in [3.8, 4) is 0 Å². The van der Waals surface area contributed by atoms with Gasteiger partial charge in [0, 0.05) is 0 Å². The molecule has 0 radical (unpaired) electrons. The topological polar surface area (TPSA) is 49.7 Å². The highest BCUT2D eigenvalue weighted by Crippen LogP contribution is 2.16. The standard InChI is InChI=1S/C28H50O3/c1-2-3-4-5-6-7-8-9-10-11-12-13-14-15-16-20-23-27(30)28(24-29)31-25-26-21-18-17-19-22-26/h17-19,21-22,27-30H,2-16,20,23-25H2,1H3. The Balaban J connectivity index is 1.87. The summed E-state index contributed by atoms with van der Waals surface area (Å²) in [4.78, 5) is 0. The SMILES string of the molecule is CCCCCCCCCCCCCCCCCCC(O)C(CO)OCc1ccccc1. The zero-order valence-corrected chi connectivity index (χ0v) is 20.3. The van der Waals surface area contributed by atoms with Crippen LogP contribution in [0.3, 0.4) is 0 Å². The maximum Gasteiger partial charge on any atom is 0.107 e. The van der Waals surface area contributed by atoms with Crippen molar-refractivity contribution in [2.45, 2.75) is 135 Å². The van der Waals surface area contributed by atoms with Crippen molar-refractivity contribution in [2.24, 2.45) is 0 Å². The van der Waals surface area contributed by atoms with Crippen molar-refractivity contribution < 1.29 is 14.9 Å². The first-order chi connectivity index (χ1) is 15.3. The quantitative estimate of drug-likeness (QED) is 0.185. The van der Waals surface area contributed by atoms with Gasteiger partial charge in [-0.05, 0) is 12.0 Å². The Bertz CT molecular complexity index is 476. The summed E-state index contributed by atoms with van der Waals surface area (Å²) in [5, 5.41) is 19.8. The molecule has 0 saturated heterocycles. The maximum absolute atomic E-state index is 10.3. The van der Waals surface area contributed by atoms with Crippen LogP contribution in [0.2, 0.25) is 0 Å². The summed E-state index contributed by atoms with van der Waals surface area (Å²) < 4.78 is 5.72. The lowest BCUT2D eigenvalue weighted by molar-refractivity contribution is -0.0736. The van der Waals surface area contributed by atoms with E-state index in [0.717, 1.165) is 18.4 Å². The molecule has 3 heteroatoms. The predicted octanol–water partition coefficient (Wildman–Crippen LogP) is 7.58. The van der Waals surface area contributed by atoms with Crippen LogP contribution in [0.4, 0.5) is 0 Å². The number of benzene rings is 1. The minimum Gasteiger partial charge on any atom is -0.394 e. The molecule has 1 aromatic carbocycles. The van der Waals surface area contributed by atoms with Crippen LogP contribution in [0.25, 0.3) is 0 Å². The summed E-state index contributed by atoms with van der Waals surface area (Å²) in [5.74, 6) is 0. The molecule has 2 unspecified atom stereocenters. The highest BCUT2D eigenvalue weighted by atomic mass is 16.5. The van der Waals surface area contributed by atoms with Gasteiger partial charge in [-0.1, -0.05) is 140 Å². The van der Waals surface area contributed by atoms with E-state index in [1.54, 1.807) is 0 Å². The second-order valence-electron chi connectivity index (χ2n) is 9.18. The van der Waals surface area contributed by atoms with Gasteiger partial charge in [-0.25, -0.2) is 0 Å². The maximum atomic E-state index is 10.3. The van der Waals surface area contributed by atoms with Crippen LogP contribution in [-0.4, -0.2) is 29.0 Å². The van der Waals surface area contributed by atoms with E-state index in [-0.39, 0.29) is 6.61 Å². The average molecular weight is 435 g/mol. The molecule has 0 aliphatic carbocycles. The second kappa shape index (κ2) is 21.0. The molecular formula is C28H50O3. The summed E-state index contributed by atoms with van der Waals surface area (Å²) in [6, 6.07) is 9.91. The van der Waals surface area contributed by atoms with Crippen LogP contribution in [0, 0.1) is 0 Å². The van der Waals surface area contributed by atoms with Crippen molar-refractivity contribution in [1.82, 2.24) is 0 Å². The zero-order chi connectivity index (χ0) is 22.4. The van der Waals surface area contributed by atoms with Gasteiger partial charge in [-0.3, -0.25) is 0 Å². The highest BCUT2D eigenvalue weighted by molar-refractivity contribution is 5.13. The van der Waals surface area contributed by atoms with E-state index in [2.05, 4.69) is 6.92 Å². The van der Waals surface area contributed by atoms with Gasteiger partial charge in [0.15, 0.2) is 0 Å². The Morgan fingerprint density at radius 2 is 1.13 bits per heavy atom. The third-order valence-electron chi connectivity index (χ3n) is 6.27. The summed E-state index contributed by atoms with van der Waals surface area (Å²) in [6.45, 7) is 2.58. The van der Waals surface area contributed by atoms with Gasteiger partial charge in [-0.15, -0.1) is 0 Å². The van der Waals surface area contributed by atoms with E-state index < -0.39 is 12.2 Å². The first-order valence-electron chi connectivity index (χ1n) is 13.2. The number of unbranched alkanes of at least 4 members (excludes halogenated alkanes) is 15. The Hall–Kier alpha value is -0.900. The first-order valence-corrected chi connectivity index (χ1v) is 13.2. The Morgan fingerprint density at radius 3 is 1.58 bits per heavy atom. The molecular weight excluding hydrogens is 384 g/mol. The van der Waals surface area contributed by atoms with Gasteiger partial charge in [0.1, 0.15) is 6.10 Å². The lowest BCUT2D eigenvalue weighted by Crippen LogP contribution is -2.32. The van der Waals surface area contributed by atoms with Gasteiger partial charge >= 0.3 is 0 Å². The Morgan fingerprint density at radius 1 is 0.677 bits per heavy atom. The summed E-state index contributed by atoms with van der Waals surface area (Å²) in [6.07, 6.45) is 21.2. The van der Waals surface area contributed by atoms with Gasteiger partial charge in [0.25, 0.3) is 0 Å². The molecule has 1 rings (SSSR count). The van der Waals surface area contributed by atoms with E-state index in [9.17, 15) is 10.2 Å². The van der Waals surface area contributed by atoms with Gasteiger partial charge in [0.05, 0.1) is 19.3 Å². The van der Waals surface area contributed by atoms with Crippen LogP contribution >= 0.6 is 0 Å². The molecule has 0 aliphatic rings. The summed E-state index contributed by atoms with van der Waals surface area (Å²) >= 11 is 0. The highest BCUT2D eigenvalue weighted by Gasteiger charge is 2.18. The average Bonchev–Trinajstić information content (AvgIpc) is 2.80. The minimum atomic E-state index is -0.583. The third-order valence-corrected chi connectivity index (χ3v) is 6.27. The number of rotatable bonds is 22. The molecule has 180 valence electrons. The first kappa shape index (κ1) is 28.1. The largest absolute Gasteiger partial charge is 0.394 e. The van der Waals surface area contributed by atoms with Crippen molar-refractivity contribution in [2.75, 3.05) is 6.61 Å². The van der Waals surface area contributed by atoms with Crippen LogP contribution in [-0.2, 0) is 11.3 Å². The van der Waals surface area contributed by atoms with E-state index >= 15 is 0 Å². The second-order valence-corrected chi connectivity index (χ2v) is 9.18. The molecule has 0 saturated carbocycles. The van der Waals surface area contributed by atoms with E-state index in [0.29, 0.717) is 13.0 Å². The molecule has 2 N–H and O–H groups in total. The number of aliphatic hydroxyl groups excluding tert-OH is 2. The van der Waals surface area contributed by atoms with Gasteiger partial charge < -0.3 is 14.9 Å². The Kier molecular flexibility index (Phi) is 19.0. The molecule has 2 atom stereocenters. The lowest BCUT2D eigenvalue weighted by atomic mass is 10.0. The fourth-order valence-electron chi connectivity index (χ4n) is 4.15. The lowest BCUT2D eigenvalue weighted by Gasteiger charge is -2.21. The molecule has 0 bridgehead atoms. The molecule has 0 heterocycles. The van der Waals surface area contributed by atoms with Crippen LogP contribution < -0.4 is 0 Å². The van der Waals surface area contributed by atoms with Crippen molar-refractivity contribution in [3.05, 3.63) is 35.9 Å². The van der Waals surface area contributed by atoms with Gasteiger partial charge in [-0.2, -0.15) is 0 Å². The molecule has 0 aromatic heterocycles. The van der Waals surface area contributed by atoms with Crippen LogP contribution in [0.5, 0.6) is 0 Å². The van der Waals surface area contributed by atoms with E-state index in [4.69, 9.17) is 4.74 Å². The summed E-state index contributed by atoms with van der Waals surface area (Å²) in [5.41, 5.74) is 1.07. The van der Waals surface area contributed by atoms with Gasteiger partial charge in [0.2, 0.25) is 0 Å². The van der Waals surface area contributed by atoms with Crippen LogP contribution in [0.1, 0.15) is 122 Å². The van der Waals surface area contributed by atoms with Crippen molar-refractivity contribution in [1.29, 1.82) is 0 Å². The third kappa shape index (κ3) is 16.4. The monoisotopic (exact) mass is 434 g/mol. The number of ether oxygens (including phenoxy) is 1. The normalized spacial score (nSPS) is 13.4. The molecule has 0 fully saturated rings. The van der Waals surface area contributed by atoms with E-state index in [1.165, 1.54) is 89.9 Å². The number of aliphatic hydroxyl groups is 2. The molecule has 0 amide bonds. The fourth-order valence-corrected chi connectivity index (χ4v) is 4.15. The van der Waals surface area contributed by atoms with Crippen molar-refractivity contribution >= 4 is 0 Å². The van der Waals surface area contributed by atoms with E-state index in [1.807, 2.05) is 30.3 Å². The minimum absolute atomic E-state index is 0.132. The molecule has 31 heavy (non-hydrogen) atoms. The molecule has 3 nitrogen and oxygen atoms in total. The molecule has 0 spiro atoms. The summed E-state index contributed by atoms with van der Waals surface area (Å²) in [7, 11) is 0. The zero-order valence-electron chi connectivity index (χ0n) is 20.3. The smallest absolute Gasteiger partial charge is 0.107 e. The molecule has 0 aliphatic heterocycles. The number of hydrogen-bond acceptors (Lipinski definition) is 3. The van der Waals surface area contributed by atoms with Crippen molar-refractivity contribution in [3.63, 3.8) is 0 Å². The Labute approximate surface area is 192 Å². The fraction of sp³-hybridized carbons (Fsp3) is 0.786. The number of hydrogen-bond donors (Lipinski definition) is 2. The predicted molar refractivity (Wildman–Crippen MR) is 132 cm³/mol.